The maximum absolute atomic E-state index is 11.3. The van der Waals surface area contributed by atoms with Gasteiger partial charge >= 0.3 is 0 Å². The first-order valence-corrected chi connectivity index (χ1v) is 8.82. The molecule has 0 aliphatic heterocycles. The SMILES string of the molecule is CC(=O)c1ccc(OCCCCCOc2ccc(C(C)=O)c(O)c2)cc1O. The van der Waals surface area contributed by atoms with Crippen LogP contribution in [0.3, 0.4) is 0 Å². The second kappa shape index (κ2) is 9.62. The van der Waals surface area contributed by atoms with Crippen molar-refractivity contribution >= 4 is 11.6 Å². The second-order valence-corrected chi connectivity index (χ2v) is 6.23. The normalized spacial score (nSPS) is 10.4. The summed E-state index contributed by atoms with van der Waals surface area (Å²) in [5.74, 6) is 0.510. The van der Waals surface area contributed by atoms with Crippen LogP contribution in [0.4, 0.5) is 0 Å². The molecule has 0 aromatic heterocycles. The third-order valence-corrected chi connectivity index (χ3v) is 4.02. The third kappa shape index (κ3) is 6.02. The number of carbonyl (C=O) groups is 2. The van der Waals surface area contributed by atoms with Crippen LogP contribution >= 0.6 is 0 Å². The lowest BCUT2D eigenvalue weighted by Crippen LogP contribution is -2.02. The number of Topliss-reactive ketones (excluding diaryl/α,β-unsaturated/α-hetero) is 2. The van der Waals surface area contributed by atoms with Gasteiger partial charge in [-0.05, 0) is 57.4 Å². The fraction of sp³-hybridized carbons (Fsp3) is 0.333. The van der Waals surface area contributed by atoms with Gasteiger partial charge < -0.3 is 19.7 Å². The number of carbonyl (C=O) groups excluding carboxylic acids is 2. The quantitative estimate of drug-likeness (QED) is 0.481. The molecule has 0 radical (unpaired) electrons. The molecular weight excluding hydrogens is 348 g/mol. The lowest BCUT2D eigenvalue weighted by Gasteiger charge is -2.09. The van der Waals surface area contributed by atoms with E-state index in [2.05, 4.69) is 0 Å². The molecule has 0 aliphatic rings. The zero-order chi connectivity index (χ0) is 19.8. The Hall–Kier alpha value is -3.02. The molecule has 0 saturated carbocycles. The molecule has 0 heterocycles. The Morgan fingerprint density at radius 1 is 0.741 bits per heavy atom. The van der Waals surface area contributed by atoms with Gasteiger partial charge in [-0.1, -0.05) is 0 Å². The summed E-state index contributed by atoms with van der Waals surface area (Å²) in [5.41, 5.74) is 0.559. The minimum atomic E-state index is -0.191. The van der Waals surface area contributed by atoms with E-state index in [-0.39, 0.29) is 34.2 Å². The average molecular weight is 372 g/mol. The van der Waals surface area contributed by atoms with Crippen molar-refractivity contribution in [3.8, 4) is 23.0 Å². The maximum Gasteiger partial charge on any atom is 0.163 e. The summed E-state index contributed by atoms with van der Waals surface area (Å²) in [6, 6.07) is 9.31. The molecule has 2 rings (SSSR count). The fourth-order valence-corrected chi connectivity index (χ4v) is 2.56. The molecule has 2 aromatic rings. The second-order valence-electron chi connectivity index (χ2n) is 6.23. The van der Waals surface area contributed by atoms with E-state index in [0.717, 1.165) is 19.3 Å². The van der Waals surface area contributed by atoms with Gasteiger partial charge in [0.15, 0.2) is 11.6 Å². The number of phenols is 2. The average Bonchev–Trinajstić information content (AvgIpc) is 2.60. The van der Waals surface area contributed by atoms with Crippen molar-refractivity contribution in [2.45, 2.75) is 33.1 Å². The zero-order valence-corrected chi connectivity index (χ0v) is 15.5. The van der Waals surface area contributed by atoms with Crippen molar-refractivity contribution in [3.05, 3.63) is 47.5 Å². The Balaban J connectivity index is 1.65. The molecule has 0 spiro atoms. The molecule has 0 aliphatic carbocycles. The van der Waals surface area contributed by atoms with E-state index >= 15 is 0 Å². The Morgan fingerprint density at radius 2 is 1.15 bits per heavy atom. The molecule has 0 unspecified atom stereocenters. The molecule has 6 nitrogen and oxygen atoms in total. The van der Waals surface area contributed by atoms with E-state index in [1.807, 2.05) is 0 Å². The lowest BCUT2D eigenvalue weighted by atomic mass is 10.1. The van der Waals surface area contributed by atoms with Crippen molar-refractivity contribution in [2.24, 2.45) is 0 Å². The highest BCUT2D eigenvalue weighted by Gasteiger charge is 2.08. The summed E-state index contributed by atoms with van der Waals surface area (Å²) >= 11 is 0. The highest BCUT2D eigenvalue weighted by Crippen LogP contribution is 2.25. The number of phenolic OH excluding ortho intramolecular Hbond substituents is 2. The fourth-order valence-electron chi connectivity index (χ4n) is 2.56. The molecule has 0 amide bonds. The predicted molar refractivity (Wildman–Crippen MR) is 101 cm³/mol. The monoisotopic (exact) mass is 372 g/mol. The van der Waals surface area contributed by atoms with Crippen LogP contribution < -0.4 is 9.47 Å². The van der Waals surface area contributed by atoms with E-state index in [4.69, 9.17) is 9.47 Å². The Bertz CT molecular complexity index is 745. The number of aromatic hydroxyl groups is 2. The largest absolute Gasteiger partial charge is 0.507 e. The third-order valence-electron chi connectivity index (χ3n) is 4.02. The predicted octanol–water partition coefficient (Wildman–Crippen LogP) is 4.13. The molecule has 0 atom stereocenters. The van der Waals surface area contributed by atoms with E-state index in [9.17, 15) is 19.8 Å². The van der Waals surface area contributed by atoms with Crippen LogP contribution in [-0.2, 0) is 0 Å². The van der Waals surface area contributed by atoms with Crippen LogP contribution in [-0.4, -0.2) is 35.0 Å². The number of hydrogen-bond acceptors (Lipinski definition) is 6. The Kier molecular flexibility index (Phi) is 7.23. The first-order valence-electron chi connectivity index (χ1n) is 8.82. The summed E-state index contributed by atoms with van der Waals surface area (Å²) in [4.78, 5) is 22.5. The van der Waals surface area contributed by atoms with Crippen molar-refractivity contribution < 1.29 is 29.3 Å². The van der Waals surface area contributed by atoms with Crippen LogP contribution in [0.1, 0.15) is 53.8 Å². The summed E-state index contributed by atoms with van der Waals surface area (Å²) < 4.78 is 11.1. The molecule has 6 heteroatoms. The van der Waals surface area contributed by atoms with Crippen LogP contribution in [0.2, 0.25) is 0 Å². The van der Waals surface area contributed by atoms with Gasteiger partial charge in [0, 0.05) is 12.1 Å². The molecule has 2 aromatic carbocycles. The van der Waals surface area contributed by atoms with Crippen LogP contribution in [0.5, 0.6) is 23.0 Å². The van der Waals surface area contributed by atoms with Gasteiger partial charge in [0.1, 0.15) is 23.0 Å². The molecule has 144 valence electrons. The number of hydrogen-bond donors (Lipinski definition) is 2. The molecule has 27 heavy (non-hydrogen) atoms. The number of unbranched alkanes of at least 4 members (excludes halogenated alkanes) is 2. The Morgan fingerprint density at radius 3 is 1.48 bits per heavy atom. The number of ketones is 2. The topological polar surface area (TPSA) is 93.1 Å². The van der Waals surface area contributed by atoms with Gasteiger partial charge in [0.25, 0.3) is 0 Å². The number of rotatable bonds is 10. The summed E-state index contributed by atoms with van der Waals surface area (Å²) in [6.07, 6.45) is 2.51. The van der Waals surface area contributed by atoms with Crippen molar-refractivity contribution in [2.75, 3.05) is 13.2 Å². The molecule has 0 bridgehead atoms. The van der Waals surface area contributed by atoms with Gasteiger partial charge in [-0.3, -0.25) is 9.59 Å². The highest BCUT2D eigenvalue weighted by molar-refractivity contribution is 5.97. The first kappa shape index (κ1) is 20.3. The minimum Gasteiger partial charge on any atom is -0.507 e. The van der Waals surface area contributed by atoms with Crippen molar-refractivity contribution in [3.63, 3.8) is 0 Å². The Labute approximate surface area is 158 Å². The zero-order valence-electron chi connectivity index (χ0n) is 15.5. The van der Waals surface area contributed by atoms with E-state index in [1.165, 1.54) is 26.0 Å². The smallest absolute Gasteiger partial charge is 0.163 e. The summed E-state index contributed by atoms with van der Waals surface area (Å²) in [5, 5.41) is 19.5. The van der Waals surface area contributed by atoms with Crippen LogP contribution in [0.15, 0.2) is 36.4 Å². The maximum atomic E-state index is 11.3. The van der Waals surface area contributed by atoms with Crippen molar-refractivity contribution in [1.29, 1.82) is 0 Å². The van der Waals surface area contributed by atoms with E-state index in [1.54, 1.807) is 24.3 Å². The standard InChI is InChI=1S/C21H24O6/c1-14(22)18-8-6-16(12-20(18)24)26-10-4-3-5-11-27-17-7-9-19(15(2)23)21(25)13-17/h6-9,12-13,24-25H,3-5,10-11H2,1-2H3. The van der Waals surface area contributed by atoms with E-state index < -0.39 is 0 Å². The molecular formula is C21H24O6. The minimum absolute atomic E-state index is 0.0764. The van der Waals surface area contributed by atoms with Gasteiger partial charge in [0.05, 0.1) is 24.3 Å². The van der Waals surface area contributed by atoms with Gasteiger partial charge in [-0.15, -0.1) is 0 Å². The summed E-state index contributed by atoms with van der Waals surface area (Å²) in [7, 11) is 0. The molecule has 0 fully saturated rings. The van der Waals surface area contributed by atoms with Gasteiger partial charge in [0.2, 0.25) is 0 Å². The van der Waals surface area contributed by atoms with Gasteiger partial charge in [-0.25, -0.2) is 0 Å². The van der Waals surface area contributed by atoms with E-state index in [0.29, 0.717) is 24.7 Å². The number of benzene rings is 2. The summed E-state index contributed by atoms with van der Waals surface area (Å²) in [6.45, 7) is 3.79. The number of ether oxygens (including phenoxy) is 2. The highest BCUT2D eigenvalue weighted by atomic mass is 16.5. The lowest BCUT2D eigenvalue weighted by molar-refractivity contribution is 0.100. The van der Waals surface area contributed by atoms with Crippen molar-refractivity contribution in [1.82, 2.24) is 0 Å². The van der Waals surface area contributed by atoms with Crippen LogP contribution in [0.25, 0.3) is 0 Å². The van der Waals surface area contributed by atoms with Gasteiger partial charge in [-0.2, -0.15) is 0 Å². The molecule has 0 saturated heterocycles. The first-order chi connectivity index (χ1) is 12.9. The molecule has 2 N–H and O–H groups in total. The van der Waals surface area contributed by atoms with Crippen LogP contribution in [0, 0.1) is 0 Å².